The first-order valence-electron chi connectivity index (χ1n) is 7.38. The molecule has 0 aromatic heterocycles. The predicted molar refractivity (Wildman–Crippen MR) is 87.3 cm³/mol. The second kappa shape index (κ2) is 8.10. The summed E-state index contributed by atoms with van der Waals surface area (Å²) in [5, 5.41) is 2.63. The van der Waals surface area contributed by atoms with Crippen LogP contribution in [-0.2, 0) is 20.7 Å². The summed E-state index contributed by atoms with van der Waals surface area (Å²) in [6.45, 7) is 1.45. The van der Waals surface area contributed by atoms with Gasteiger partial charge in [0, 0.05) is 0 Å². The summed E-state index contributed by atoms with van der Waals surface area (Å²) in [7, 11) is 1.49. The standard InChI is InChI=1S/C18H18FNO4/c1-12(18(22)20-15-9-5-6-10-16(15)23-2)24-17(21)11-13-7-3-4-8-14(13)19/h3-10,12H,11H2,1-2H3,(H,20,22)/t12-/m0/s1. The van der Waals surface area contributed by atoms with E-state index in [9.17, 15) is 14.0 Å². The third-order valence-corrected chi connectivity index (χ3v) is 3.33. The summed E-state index contributed by atoms with van der Waals surface area (Å²) < 4.78 is 23.7. The maximum atomic E-state index is 13.5. The lowest BCUT2D eigenvalue weighted by Crippen LogP contribution is -2.30. The van der Waals surface area contributed by atoms with Crippen molar-refractivity contribution in [2.75, 3.05) is 12.4 Å². The van der Waals surface area contributed by atoms with Crippen LogP contribution in [0.5, 0.6) is 5.75 Å². The number of hydrogen-bond donors (Lipinski definition) is 1. The molecule has 0 radical (unpaired) electrons. The molecule has 0 aliphatic rings. The van der Waals surface area contributed by atoms with Crippen molar-refractivity contribution in [1.29, 1.82) is 0 Å². The van der Waals surface area contributed by atoms with Gasteiger partial charge in [-0.3, -0.25) is 9.59 Å². The molecule has 5 nitrogen and oxygen atoms in total. The fourth-order valence-electron chi connectivity index (χ4n) is 2.07. The van der Waals surface area contributed by atoms with Gasteiger partial charge < -0.3 is 14.8 Å². The Hall–Kier alpha value is -2.89. The van der Waals surface area contributed by atoms with Gasteiger partial charge in [0.2, 0.25) is 0 Å². The molecule has 1 amide bonds. The van der Waals surface area contributed by atoms with E-state index in [0.717, 1.165) is 0 Å². The van der Waals surface area contributed by atoms with Crippen molar-refractivity contribution in [2.45, 2.75) is 19.4 Å². The van der Waals surface area contributed by atoms with Gasteiger partial charge in [0.05, 0.1) is 19.2 Å². The smallest absolute Gasteiger partial charge is 0.311 e. The van der Waals surface area contributed by atoms with E-state index in [4.69, 9.17) is 9.47 Å². The fraction of sp³-hybridized carbons (Fsp3) is 0.222. The second-order valence-corrected chi connectivity index (χ2v) is 5.09. The lowest BCUT2D eigenvalue weighted by atomic mass is 10.1. The SMILES string of the molecule is COc1ccccc1NC(=O)[C@H](C)OC(=O)Cc1ccccc1F. The van der Waals surface area contributed by atoms with Gasteiger partial charge >= 0.3 is 5.97 Å². The average molecular weight is 331 g/mol. The number of rotatable bonds is 6. The quantitative estimate of drug-likeness (QED) is 0.827. The largest absolute Gasteiger partial charge is 0.495 e. The molecule has 0 bridgehead atoms. The van der Waals surface area contributed by atoms with E-state index in [1.54, 1.807) is 30.3 Å². The maximum absolute atomic E-state index is 13.5. The topological polar surface area (TPSA) is 64.6 Å². The van der Waals surface area contributed by atoms with E-state index in [-0.39, 0.29) is 12.0 Å². The Morgan fingerprint density at radius 2 is 1.79 bits per heavy atom. The van der Waals surface area contributed by atoms with Crippen molar-refractivity contribution >= 4 is 17.6 Å². The van der Waals surface area contributed by atoms with Gasteiger partial charge in [-0.1, -0.05) is 30.3 Å². The number of para-hydroxylation sites is 2. The Bertz CT molecular complexity index is 732. The molecule has 0 spiro atoms. The zero-order valence-corrected chi connectivity index (χ0v) is 13.4. The molecule has 0 aliphatic heterocycles. The van der Waals surface area contributed by atoms with E-state index in [0.29, 0.717) is 11.4 Å². The van der Waals surface area contributed by atoms with Crippen LogP contribution >= 0.6 is 0 Å². The molecule has 0 fully saturated rings. The molecule has 1 N–H and O–H groups in total. The van der Waals surface area contributed by atoms with Crippen molar-refractivity contribution in [3.63, 3.8) is 0 Å². The molecule has 0 heterocycles. The van der Waals surface area contributed by atoms with Gasteiger partial charge in [-0.15, -0.1) is 0 Å². The van der Waals surface area contributed by atoms with Gasteiger partial charge in [-0.2, -0.15) is 0 Å². The molecule has 6 heteroatoms. The predicted octanol–water partition coefficient (Wildman–Crippen LogP) is 2.95. The van der Waals surface area contributed by atoms with Gasteiger partial charge in [0.25, 0.3) is 5.91 Å². The molecular formula is C18H18FNO4. The number of anilines is 1. The van der Waals surface area contributed by atoms with Crippen LogP contribution in [0.1, 0.15) is 12.5 Å². The van der Waals surface area contributed by atoms with Crippen LogP contribution in [0.25, 0.3) is 0 Å². The van der Waals surface area contributed by atoms with Gasteiger partial charge in [0.1, 0.15) is 11.6 Å². The highest BCUT2D eigenvalue weighted by Crippen LogP contribution is 2.23. The summed E-state index contributed by atoms with van der Waals surface area (Å²) in [5.41, 5.74) is 0.696. The number of ether oxygens (including phenoxy) is 2. The number of halogens is 1. The molecule has 0 saturated heterocycles. The molecule has 2 aromatic rings. The molecule has 2 aromatic carbocycles. The first-order valence-corrected chi connectivity index (χ1v) is 7.38. The average Bonchev–Trinajstić information content (AvgIpc) is 2.57. The highest BCUT2D eigenvalue weighted by molar-refractivity contribution is 5.96. The van der Waals surface area contributed by atoms with Crippen LogP contribution < -0.4 is 10.1 Å². The fourth-order valence-corrected chi connectivity index (χ4v) is 2.07. The highest BCUT2D eigenvalue weighted by Gasteiger charge is 2.20. The van der Waals surface area contributed by atoms with Crippen LogP contribution in [0.4, 0.5) is 10.1 Å². The highest BCUT2D eigenvalue weighted by atomic mass is 19.1. The van der Waals surface area contributed by atoms with Gasteiger partial charge in [0.15, 0.2) is 6.10 Å². The number of esters is 1. The second-order valence-electron chi connectivity index (χ2n) is 5.09. The molecule has 1 atom stereocenters. The molecular weight excluding hydrogens is 313 g/mol. The Labute approximate surface area is 139 Å². The van der Waals surface area contributed by atoms with Crippen molar-refractivity contribution in [1.82, 2.24) is 0 Å². The minimum atomic E-state index is -1.02. The number of benzene rings is 2. The summed E-state index contributed by atoms with van der Waals surface area (Å²) in [4.78, 5) is 24.0. The normalized spacial score (nSPS) is 11.5. The van der Waals surface area contributed by atoms with E-state index in [1.165, 1.54) is 32.2 Å². The van der Waals surface area contributed by atoms with Crippen molar-refractivity contribution in [3.05, 3.63) is 59.9 Å². The van der Waals surface area contributed by atoms with Crippen molar-refractivity contribution < 1.29 is 23.5 Å². The number of nitrogens with one attached hydrogen (secondary N) is 1. The lowest BCUT2D eigenvalue weighted by Gasteiger charge is -2.15. The number of amides is 1. The minimum Gasteiger partial charge on any atom is -0.495 e. The van der Waals surface area contributed by atoms with Crippen LogP contribution in [0, 0.1) is 5.82 Å². The summed E-state index contributed by atoms with van der Waals surface area (Å²) >= 11 is 0. The lowest BCUT2D eigenvalue weighted by molar-refractivity contribution is -0.152. The van der Waals surface area contributed by atoms with E-state index in [2.05, 4.69) is 5.32 Å². The summed E-state index contributed by atoms with van der Waals surface area (Å²) in [5.74, 6) is -1.17. The van der Waals surface area contributed by atoms with Crippen LogP contribution in [0.15, 0.2) is 48.5 Å². The van der Waals surface area contributed by atoms with Crippen molar-refractivity contribution in [2.24, 2.45) is 0 Å². The summed E-state index contributed by atoms with van der Waals surface area (Å²) in [6.07, 6.45) is -1.26. The third kappa shape index (κ3) is 4.55. The van der Waals surface area contributed by atoms with Crippen molar-refractivity contribution in [3.8, 4) is 5.75 Å². The Morgan fingerprint density at radius 3 is 2.50 bits per heavy atom. The van der Waals surface area contributed by atoms with E-state index in [1.807, 2.05) is 0 Å². The number of carbonyl (C=O) groups excluding carboxylic acids is 2. The minimum absolute atomic E-state index is 0.222. The molecule has 0 unspecified atom stereocenters. The third-order valence-electron chi connectivity index (χ3n) is 3.33. The van der Waals surface area contributed by atoms with E-state index >= 15 is 0 Å². The van der Waals surface area contributed by atoms with Gasteiger partial charge in [-0.05, 0) is 30.7 Å². The number of hydrogen-bond acceptors (Lipinski definition) is 4. The van der Waals surface area contributed by atoms with E-state index < -0.39 is 23.8 Å². The first-order chi connectivity index (χ1) is 11.5. The zero-order valence-electron chi connectivity index (χ0n) is 13.4. The molecule has 0 aliphatic carbocycles. The zero-order chi connectivity index (χ0) is 17.5. The van der Waals surface area contributed by atoms with Crippen LogP contribution in [0.3, 0.4) is 0 Å². The molecule has 126 valence electrons. The first kappa shape index (κ1) is 17.5. The van der Waals surface area contributed by atoms with Crippen LogP contribution in [0.2, 0.25) is 0 Å². The monoisotopic (exact) mass is 331 g/mol. The Kier molecular flexibility index (Phi) is 5.89. The van der Waals surface area contributed by atoms with Crippen LogP contribution in [-0.4, -0.2) is 25.1 Å². The van der Waals surface area contributed by atoms with Gasteiger partial charge in [-0.25, -0.2) is 4.39 Å². The maximum Gasteiger partial charge on any atom is 0.311 e. The Morgan fingerprint density at radius 1 is 1.12 bits per heavy atom. The molecule has 24 heavy (non-hydrogen) atoms. The number of carbonyl (C=O) groups is 2. The number of methoxy groups -OCH3 is 1. The molecule has 0 saturated carbocycles. The Balaban J connectivity index is 1.94. The summed E-state index contributed by atoms with van der Waals surface area (Å²) in [6, 6.07) is 12.8. The molecule has 2 rings (SSSR count).